The molecule has 0 radical (unpaired) electrons. The summed E-state index contributed by atoms with van der Waals surface area (Å²) in [4.78, 5) is 36.5. The van der Waals surface area contributed by atoms with Crippen LogP contribution in [0.4, 0.5) is 0 Å². The van der Waals surface area contributed by atoms with Crippen LogP contribution >= 0.6 is 11.3 Å². The van der Waals surface area contributed by atoms with Gasteiger partial charge in [0.05, 0.1) is 11.4 Å². The van der Waals surface area contributed by atoms with Crippen LogP contribution in [0.3, 0.4) is 0 Å². The minimum Gasteiger partial charge on any atom is -0.369 e. The third kappa shape index (κ3) is 3.07. The smallest absolute Gasteiger partial charge is 0.259 e. The van der Waals surface area contributed by atoms with Crippen molar-refractivity contribution in [2.75, 3.05) is 13.1 Å². The number of carbonyl (C=O) groups excluding carboxylic acids is 1. The van der Waals surface area contributed by atoms with Crippen LogP contribution in [0.25, 0.3) is 10.2 Å². The van der Waals surface area contributed by atoms with Crippen LogP contribution in [0.15, 0.2) is 4.79 Å². The van der Waals surface area contributed by atoms with Crippen LogP contribution in [-0.4, -0.2) is 33.9 Å². The zero-order valence-electron chi connectivity index (χ0n) is 15.4. The third-order valence-corrected chi connectivity index (χ3v) is 7.21. The predicted molar refractivity (Wildman–Crippen MR) is 103 cm³/mol. The number of carbonyl (C=O) groups is 1. The minimum absolute atomic E-state index is 0.00377. The predicted octanol–water partition coefficient (Wildman–Crippen LogP) is 2.37. The summed E-state index contributed by atoms with van der Waals surface area (Å²) < 4.78 is 0. The average molecular weight is 375 g/mol. The fourth-order valence-corrected chi connectivity index (χ4v) is 5.70. The van der Waals surface area contributed by atoms with Crippen LogP contribution in [0.1, 0.15) is 55.4 Å². The van der Waals surface area contributed by atoms with Gasteiger partial charge < -0.3 is 10.7 Å². The number of nitrogens with zero attached hydrogens (tertiary/aromatic N) is 2. The molecule has 3 heterocycles. The van der Waals surface area contributed by atoms with Crippen molar-refractivity contribution in [1.82, 2.24) is 14.9 Å². The lowest BCUT2D eigenvalue weighted by Gasteiger charge is -2.34. The van der Waals surface area contributed by atoms with Gasteiger partial charge in [-0.25, -0.2) is 4.98 Å². The molecule has 0 unspecified atom stereocenters. The Bertz CT molecular complexity index is 895. The number of H-pyrrole nitrogens is 1. The lowest BCUT2D eigenvalue weighted by atomic mass is 9.89. The van der Waals surface area contributed by atoms with Crippen molar-refractivity contribution in [2.24, 2.45) is 17.6 Å². The number of hydrogen-bond donors (Lipinski definition) is 2. The fourth-order valence-electron chi connectivity index (χ4n) is 4.31. The molecular formula is C19H26N4O2S. The molecule has 2 aromatic rings. The Hall–Kier alpha value is -1.73. The monoisotopic (exact) mass is 374 g/mol. The zero-order valence-corrected chi connectivity index (χ0v) is 16.2. The highest BCUT2D eigenvalue weighted by Crippen LogP contribution is 2.36. The number of primary amides is 1. The molecular weight excluding hydrogens is 348 g/mol. The number of aromatic amines is 1. The number of likely N-dealkylation sites (tertiary alicyclic amines) is 1. The maximum Gasteiger partial charge on any atom is 0.259 e. The fraction of sp³-hybridized carbons (Fsp3) is 0.632. The van der Waals surface area contributed by atoms with Crippen LogP contribution in [0, 0.1) is 11.8 Å². The summed E-state index contributed by atoms with van der Waals surface area (Å²) in [7, 11) is 0. The largest absolute Gasteiger partial charge is 0.369 e. The second kappa shape index (κ2) is 6.78. The van der Waals surface area contributed by atoms with Gasteiger partial charge in [0, 0.05) is 10.8 Å². The summed E-state index contributed by atoms with van der Waals surface area (Å²) in [6.07, 6.45) is 4.73. The lowest BCUT2D eigenvalue weighted by molar-refractivity contribution is -0.123. The van der Waals surface area contributed by atoms with Gasteiger partial charge in [0.1, 0.15) is 10.7 Å². The molecule has 0 saturated carbocycles. The molecule has 0 spiro atoms. The molecule has 1 fully saturated rings. The molecule has 26 heavy (non-hydrogen) atoms. The van der Waals surface area contributed by atoms with Crippen molar-refractivity contribution in [3.05, 3.63) is 26.6 Å². The van der Waals surface area contributed by atoms with Crippen molar-refractivity contribution in [2.45, 2.75) is 52.0 Å². The minimum atomic E-state index is -0.205. The summed E-state index contributed by atoms with van der Waals surface area (Å²) in [6, 6.07) is 0.0268. The van der Waals surface area contributed by atoms with Crippen LogP contribution in [0.2, 0.25) is 0 Å². The van der Waals surface area contributed by atoms with E-state index in [2.05, 4.69) is 23.7 Å². The zero-order chi connectivity index (χ0) is 18.4. The van der Waals surface area contributed by atoms with E-state index >= 15 is 0 Å². The first-order valence-electron chi connectivity index (χ1n) is 9.52. The van der Waals surface area contributed by atoms with E-state index < -0.39 is 0 Å². The molecule has 3 N–H and O–H groups in total. The van der Waals surface area contributed by atoms with Crippen LogP contribution < -0.4 is 11.3 Å². The van der Waals surface area contributed by atoms with Gasteiger partial charge in [-0.3, -0.25) is 14.5 Å². The molecule has 1 amide bonds. The number of rotatable bonds is 3. The number of thiophene rings is 1. The molecule has 1 saturated heterocycles. The first-order chi connectivity index (χ1) is 12.4. The van der Waals surface area contributed by atoms with Gasteiger partial charge in [-0.05, 0) is 63.6 Å². The van der Waals surface area contributed by atoms with Gasteiger partial charge in [-0.1, -0.05) is 6.92 Å². The second-order valence-electron chi connectivity index (χ2n) is 7.87. The first-order valence-corrected chi connectivity index (χ1v) is 10.3. The number of piperidine rings is 1. The number of amides is 1. The maximum absolute atomic E-state index is 12.8. The number of nitrogens with two attached hydrogens (primary N) is 1. The summed E-state index contributed by atoms with van der Waals surface area (Å²) in [5.74, 6) is 1.17. The molecule has 140 valence electrons. The van der Waals surface area contributed by atoms with Gasteiger partial charge >= 0.3 is 0 Å². The number of nitrogens with one attached hydrogen (secondary N) is 1. The SMILES string of the molecule is C[C@H]1CCc2c(sc3nc([C@@H](C)N4CCC(C(N)=O)CC4)[nH]c(=O)c23)C1. The van der Waals surface area contributed by atoms with E-state index in [4.69, 9.17) is 10.7 Å². The Morgan fingerprint density at radius 2 is 2.08 bits per heavy atom. The van der Waals surface area contributed by atoms with E-state index in [1.807, 2.05) is 0 Å². The molecule has 2 aliphatic rings. The number of hydrogen-bond acceptors (Lipinski definition) is 5. The standard InChI is InChI=1S/C19H26N4O2S/c1-10-3-4-13-14(9-10)26-19-15(13)18(25)21-17(22-19)11(2)23-7-5-12(6-8-23)16(20)24/h10-12H,3-9H2,1-2H3,(H2,20,24)(H,21,22,25)/t10-,11+/m0/s1. The van der Waals surface area contributed by atoms with Gasteiger partial charge in [-0.15, -0.1) is 11.3 Å². The van der Waals surface area contributed by atoms with Gasteiger partial charge in [-0.2, -0.15) is 0 Å². The Labute approximate surface area is 156 Å². The summed E-state index contributed by atoms with van der Waals surface area (Å²) in [5, 5.41) is 0.806. The summed E-state index contributed by atoms with van der Waals surface area (Å²) in [6.45, 7) is 5.95. The first kappa shape index (κ1) is 17.7. The lowest BCUT2D eigenvalue weighted by Crippen LogP contribution is -2.40. The highest BCUT2D eigenvalue weighted by atomic mass is 32.1. The van der Waals surface area contributed by atoms with Gasteiger partial charge in [0.15, 0.2) is 0 Å². The number of aryl methyl sites for hydroxylation is 1. The number of aromatic nitrogens is 2. The Balaban J connectivity index is 1.61. The quantitative estimate of drug-likeness (QED) is 0.863. The van der Waals surface area contributed by atoms with Crippen molar-refractivity contribution >= 4 is 27.5 Å². The van der Waals surface area contributed by atoms with E-state index in [-0.39, 0.29) is 23.4 Å². The molecule has 0 aromatic carbocycles. The highest BCUT2D eigenvalue weighted by Gasteiger charge is 2.28. The topological polar surface area (TPSA) is 92.1 Å². The normalized spacial score (nSPS) is 23.1. The Morgan fingerprint density at radius 1 is 1.35 bits per heavy atom. The van der Waals surface area contributed by atoms with Gasteiger partial charge in [0.2, 0.25) is 5.91 Å². The molecule has 0 bridgehead atoms. The van der Waals surface area contributed by atoms with Gasteiger partial charge in [0.25, 0.3) is 5.56 Å². The van der Waals surface area contributed by atoms with E-state index in [1.54, 1.807) is 11.3 Å². The Kier molecular flexibility index (Phi) is 4.61. The average Bonchev–Trinajstić information content (AvgIpc) is 2.98. The van der Waals surface area contributed by atoms with Crippen LogP contribution in [-0.2, 0) is 17.6 Å². The maximum atomic E-state index is 12.8. The van der Waals surface area contributed by atoms with Crippen molar-refractivity contribution in [3.63, 3.8) is 0 Å². The van der Waals surface area contributed by atoms with Crippen molar-refractivity contribution < 1.29 is 4.79 Å². The van der Waals surface area contributed by atoms with Crippen molar-refractivity contribution in [1.29, 1.82) is 0 Å². The molecule has 4 rings (SSSR count). The highest BCUT2D eigenvalue weighted by molar-refractivity contribution is 7.18. The van der Waals surface area contributed by atoms with E-state index in [1.165, 1.54) is 10.4 Å². The molecule has 2 aromatic heterocycles. The summed E-state index contributed by atoms with van der Waals surface area (Å²) >= 11 is 1.69. The number of fused-ring (bicyclic) bond motifs is 3. The summed E-state index contributed by atoms with van der Waals surface area (Å²) in [5.41, 5.74) is 6.64. The Morgan fingerprint density at radius 3 is 2.77 bits per heavy atom. The van der Waals surface area contributed by atoms with E-state index in [9.17, 15) is 9.59 Å². The molecule has 2 atom stereocenters. The molecule has 7 heteroatoms. The second-order valence-corrected chi connectivity index (χ2v) is 8.96. The van der Waals surface area contributed by atoms with Crippen molar-refractivity contribution in [3.8, 4) is 0 Å². The molecule has 1 aliphatic heterocycles. The van der Waals surface area contributed by atoms with E-state index in [0.29, 0.717) is 5.92 Å². The third-order valence-electron chi connectivity index (χ3n) is 6.06. The van der Waals surface area contributed by atoms with E-state index in [0.717, 1.165) is 61.2 Å². The van der Waals surface area contributed by atoms with Crippen LogP contribution in [0.5, 0.6) is 0 Å². The molecule has 1 aliphatic carbocycles. The molecule has 6 nitrogen and oxygen atoms in total.